The smallest absolute Gasteiger partial charge is 0.158 e. The van der Waals surface area contributed by atoms with E-state index in [1.807, 2.05) is 0 Å². The molecule has 0 saturated carbocycles. The first-order valence-electron chi connectivity index (χ1n) is 4.32. The summed E-state index contributed by atoms with van der Waals surface area (Å²) in [4.78, 5) is 0. The Bertz CT molecular complexity index is 199. The van der Waals surface area contributed by atoms with Crippen LogP contribution in [0.25, 0.3) is 0 Å². The molecule has 15 heavy (non-hydrogen) atoms. The third-order valence-corrected chi connectivity index (χ3v) is 2.96. The van der Waals surface area contributed by atoms with Crippen LogP contribution in [0.2, 0.25) is 0 Å². The maximum Gasteiger partial charge on any atom is 0.158 e. The van der Waals surface area contributed by atoms with Gasteiger partial charge in [-0.3, -0.25) is 0 Å². The molecule has 0 spiro atoms. The summed E-state index contributed by atoms with van der Waals surface area (Å²) in [5, 5.41) is 0. The zero-order valence-electron chi connectivity index (χ0n) is 7.95. The molecule has 1 aliphatic heterocycles. The van der Waals surface area contributed by atoms with E-state index in [-0.39, 0.29) is 12.7 Å². The number of hydrogen-bond donors (Lipinski definition) is 3. The van der Waals surface area contributed by atoms with Gasteiger partial charge in [0.25, 0.3) is 0 Å². The van der Waals surface area contributed by atoms with Crippen LogP contribution in [0.1, 0.15) is 6.92 Å². The number of hydrogen-bond acceptors (Lipinski definition) is 7. The third kappa shape index (κ3) is 3.15. The van der Waals surface area contributed by atoms with Crippen molar-refractivity contribution in [1.82, 2.24) is 0 Å². The quantitative estimate of drug-likeness (QED) is 0.536. The molecule has 0 N–H and O–H groups in total. The Morgan fingerprint density at radius 1 is 1.20 bits per heavy atom. The lowest BCUT2D eigenvalue weighted by molar-refractivity contribution is -0.182. The van der Waals surface area contributed by atoms with Crippen molar-refractivity contribution in [2.24, 2.45) is 0 Å². The van der Waals surface area contributed by atoms with Crippen molar-refractivity contribution in [1.29, 1.82) is 0 Å². The molecule has 0 aliphatic carbocycles. The Labute approximate surface area is 105 Å². The van der Waals surface area contributed by atoms with Crippen LogP contribution in [-0.2, 0) is 17.3 Å². The second kappa shape index (κ2) is 6.53. The maximum absolute atomic E-state index is 13.8. The highest BCUT2D eigenvalue weighted by atomic mass is 32.1. The van der Waals surface area contributed by atoms with Gasteiger partial charge in [0.1, 0.15) is 18.3 Å². The van der Waals surface area contributed by atoms with Gasteiger partial charge >= 0.3 is 0 Å². The molecule has 0 aromatic rings. The van der Waals surface area contributed by atoms with Crippen LogP contribution in [0, 0.1) is 0 Å². The lowest BCUT2D eigenvalue weighted by atomic mass is 9.97. The van der Waals surface area contributed by atoms with Crippen LogP contribution in [0.5, 0.6) is 0 Å². The van der Waals surface area contributed by atoms with E-state index in [0.29, 0.717) is 0 Å². The molecule has 90 valence electrons. The number of ether oxygens (including phenoxy) is 1. The lowest BCUT2D eigenvalue weighted by Gasteiger charge is -2.39. The van der Waals surface area contributed by atoms with Crippen molar-refractivity contribution >= 4 is 38.7 Å². The summed E-state index contributed by atoms with van der Waals surface area (Å²) in [7, 11) is 0. The van der Waals surface area contributed by atoms with Crippen LogP contribution in [0.15, 0.2) is 0 Å². The van der Waals surface area contributed by atoms with E-state index in [9.17, 15) is 4.39 Å². The van der Waals surface area contributed by atoms with Crippen LogP contribution in [0.3, 0.4) is 0 Å². The molecule has 5 atom stereocenters. The molecule has 1 heterocycles. The molecular weight excluding hydrogens is 263 g/mol. The molecule has 8 heteroatoms. The molecule has 0 aromatic heterocycles. The van der Waals surface area contributed by atoms with Gasteiger partial charge < -0.3 is 17.3 Å². The van der Waals surface area contributed by atoms with Crippen LogP contribution >= 0.6 is 38.7 Å². The summed E-state index contributed by atoms with van der Waals surface area (Å²) >= 11 is 10.8. The van der Waals surface area contributed by atoms with Gasteiger partial charge in [0.2, 0.25) is 0 Å². The third-order valence-electron chi connectivity index (χ3n) is 2.33. The Morgan fingerprint density at radius 3 is 2.27 bits per heavy atom. The summed E-state index contributed by atoms with van der Waals surface area (Å²) in [6.45, 7) is 1.76. The molecule has 1 rings (SSSR count). The van der Waals surface area contributed by atoms with Crippen LogP contribution in [-0.4, -0.2) is 37.2 Å². The van der Waals surface area contributed by atoms with E-state index in [1.54, 1.807) is 6.92 Å². The Morgan fingerprint density at radius 2 is 1.80 bits per heavy atom. The zero-order chi connectivity index (χ0) is 11.4. The normalized spacial score (nSPS) is 41.8. The van der Waals surface area contributed by atoms with E-state index in [4.69, 9.17) is 13.1 Å². The number of alkyl halides is 1. The second-order valence-corrected chi connectivity index (χ2v) is 3.94. The van der Waals surface area contributed by atoms with E-state index < -0.39 is 24.5 Å². The van der Waals surface area contributed by atoms with Crippen LogP contribution < -0.4 is 0 Å². The average Bonchev–Trinajstić information content (AvgIpc) is 2.22. The minimum absolute atomic E-state index is 0.0293. The topological polar surface area (TPSA) is 36.9 Å². The first kappa shape index (κ1) is 13.9. The highest BCUT2D eigenvalue weighted by Crippen LogP contribution is 2.29. The molecule has 1 unspecified atom stereocenters. The molecule has 0 bridgehead atoms. The number of halogens is 1. The van der Waals surface area contributed by atoms with Gasteiger partial charge in [-0.05, 0) is 45.7 Å². The number of rotatable bonds is 4. The Kier molecular flexibility index (Phi) is 6.04. The fourth-order valence-corrected chi connectivity index (χ4v) is 2.23. The average molecular weight is 276 g/mol. The summed E-state index contributed by atoms with van der Waals surface area (Å²) < 4.78 is 33.2. The summed E-state index contributed by atoms with van der Waals surface area (Å²) in [6.07, 6.45) is -3.96. The zero-order valence-corrected chi connectivity index (χ0v) is 10.6. The van der Waals surface area contributed by atoms with Crippen LogP contribution in [0.4, 0.5) is 4.39 Å². The van der Waals surface area contributed by atoms with Gasteiger partial charge in [0, 0.05) is 0 Å². The van der Waals surface area contributed by atoms with Gasteiger partial charge in [-0.25, -0.2) is 4.39 Å². The fourth-order valence-electron chi connectivity index (χ4n) is 1.56. The molecule has 0 aromatic carbocycles. The van der Waals surface area contributed by atoms with Crippen molar-refractivity contribution in [2.45, 2.75) is 37.5 Å². The van der Waals surface area contributed by atoms with Gasteiger partial charge in [0.05, 0.1) is 12.7 Å². The first-order valence-corrected chi connectivity index (χ1v) is 5.41. The summed E-state index contributed by atoms with van der Waals surface area (Å²) in [5.41, 5.74) is 0. The maximum atomic E-state index is 13.8. The van der Waals surface area contributed by atoms with Gasteiger partial charge in [-0.1, -0.05) is 0 Å². The first-order chi connectivity index (χ1) is 7.15. The minimum Gasteiger partial charge on any atom is -0.367 e. The summed E-state index contributed by atoms with van der Waals surface area (Å²) in [6, 6.07) is 0. The molecule has 0 amide bonds. The minimum atomic E-state index is -1.40. The standard InChI is InChI=1S/C7H13FO4S3/c1-3-6(11-14)7(12-15)5(8)4(10-3)2-9-13/h3-7,13-15H,2H2,1H3/t3?,4-,5-,6+,7+/m1/s1. The lowest BCUT2D eigenvalue weighted by Crippen LogP contribution is -2.56. The van der Waals surface area contributed by atoms with Crippen molar-refractivity contribution in [3.8, 4) is 0 Å². The van der Waals surface area contributed by atoms with E-state index >= 15 is 0 Å². The SMILES string of the molecule is CC1O[C@H](COS)[C@@H](F)[C@H](OS)[C@H]1OS. The molecule has 1 aliphatic rings. The Balaban J connectivity index is 2.70. The van der Waals surface area contributed by atoms with Gasteiger partial charge in [-0.15, -0.1) is 0 Å². The monoisotopic (exact) mass is 276 g/mol. The van der Waals surface area contributed by atoms with E-state index in [2.05, 4.69) is 42.9 Å². The van der Waals surface area contributed by atoms with Crippen molar-refractivity contribution < 1.29 is 21.7 Å². The Hall–Kier alpha value is 0.820. The van der Waals surface area contributed by atoms with Crippen molar-refractivity contribution in [2.75, 3.05) is 6.61 Å². The van der Waals surface area contributed by atoms with Crippen molar-refractivity contribution in [3.05, 3.63) is 0 Å². The molecule has 4 nitrogen and oxygen atoms in total. The highest BCUT2D eigenvalue weighted by Gasteiger charge is 2.46. The van der Waals surface area contributed by atoms with Gasteiger partial charge in [0.15, 0.2) is 6.17 Å². The molecule has 1 saturated heterocycles. The number of thiol groups is 3. The molecule has 1 fully saturated rings. The summed E-state index contributed by atoms with van der Waals surface area (Å²) in [5.74, 6) is 0. The second-order valence-electron chi connectivity index (χ2n) is 3.26. The fraction of sp³-hybridized carbons (Fsp3) is 1.00. The van der Waals surface area contributed by atoms with E-state index in [0.717, 1.165) is 0 Å². The van der Waals surface area contributed by atoms with Gasteiger partial charge in [-0.2, -0.15) is 0 Å². The molecule has 0 radical (unpaired) electrons. The largest absolute Gasteiger partial charge is 0.367 e. The predicted molar refractivity (Wildman–Crippen MR) is 61.9 cm³/mol. The predicted octanol–water partition coefficient (Wildman–Crippen LogP) is 1.43. The highest BCUT2D eigenvalue weighted by molar-refractivity contribution is 7.75. The van der Waals surface area contributed by atoms with Crippen molar-refractivity contribution in [3.63, 3.8) is 0 Å². The van der Waals surface area contributed by atoms with E-state index in [1.165, 1.54) is 0 Å². The molecular formula is C7H13FO4S3.